The normalized spacial score (nSPS) is 12.9. The van der Waals surface area contributed by atoms with Crippen LogP contribution in [0.5, 0.6) is 0 Å². The van der Waals surface area contributed by atoms with E-state index < -0.39 is 6.10 Å². The second kappa shape index (κ2) is 4.78. The number of aliphatic hydroxyl groups is 1. The van der Waals surface area contributed by atoms with Crippen molar-refractivity contribution in [1.29, 1.82) is 0 Å². The van der Waals surface area contributed by atoms with Crippen LogP contribution in [0.15, 0.2) is 12.1 Å². The Labute approximate surface area is 89.7 Å². The van der Waals surface area contributed by atoms with Crippen LogP contribution >= 0.6 is 11.6 Å². The van der Waals surface area contributed by atoms with E-state index in [4.69, 9.17) is 17.3 Å². The molecular weight excluding hydrogens is 198 g/mol. The maximum Gasteiger partial charge on any atom is 0.0807 e. The fourth-order valence-electron chi connectivity index (χ4n) is 1.65. The van der Waals surface area contributed by atoms with Gasteiger partial charge in [0, 0.05) is 5.02 Å². The van der Waals surface area contributed by atoms with E-state index in [0.29, 0.717) is 18.0 Å². The van der Waals surface area contributed by atoms with E-state index in [0.717, 1.165) is 16.7 Å². The van der Waals surface area contributed by atoms with Crippen LogP contribution in [0.3, 0.4) is 0 Å². The van der Waals surface area contributed by atoms with Crippen molar-refractivity contribution in [2.24, 2.45) is 5.73 Å². The molecular formula is C11H16ClNO. The molecule has 0 heterocycles. The molecule has 14 heavy (non-hydrogen) atoms. The minimum absolute atomic E-state index is 0.479. The summed E-state index contributed by atoms with van der Waals surface area (Å²) in [5.41, 5.74) is 8.35. The van der Waals surface area contributed by atoms with Gasteiger partial charge in [-0.05, 0) is 49.6 Å². The van der Waals surface area contributed by atoms with Crippen molar-refractivity contribution in [1.82, 2.24) is 0 Å². The highest BCUT2D eigenvalue weighted by molar-refractivity contribution is 6.31. The molecule has 0 radical (unpaired) electrons. The van der Waals surface area contributed by atoms with Gasteiger partial charge in [-0.3, -0.25) is 0 Å². The van der Waals surface area contributed by atoms with Crippen LogP contribution in [-0.2, 0) is 0 Å². The lowest BCUT2D eigenvalue weighted by Gasteiger charge is -2.16. The number of nitrogens with two attached hydrogens (primary N) is 1. The third-order valence-corrected chi connectivity index (χ3v) is 2.85. The number of hydrogen-bond donors (Lipinski definition) is 2. The molecule has 0 fully saturated rings. The van der Waals surface area contributed by atoms with Gasteiger partial charge in [0.2, 0.25) is 0 Å². The minimum atomic E-state index is -0.501. The lowest BCUT2D eigenvalue weighted by molar-refractivity contribution is 0.169. The van der Waals surface area contributed by atoms with Crippen LogP contribution in [-0.4, -0.2) is 11.7 Å². The second-order valence-electron chi connectivity index (χ2n) is 3.50. The predicted octanol–water partition coefficient (Wildman–Crippen LogP) is 2.34. The fourth-order valence-corrected chi connectivity index (χ4v) is 1.82. The summed E-state index contributed by atoms with van der Waals surface area (Å²) in [5.74, 6) is 0. The molecule has 0 amide bonds. The molecule has 1 atom stereocenters. The maximum absolute atomic E-state index is 9.87. The number of aliphatic hydroxyl groups excluding tert-OH is 1. The van der Waals surface area contributed by atoms with E-state index in [1.54, 1.807) is 0 Å². The Kier molecular flexibility index (Phi) is 3.93. The van der Waals surface area contributed by atoms with Crippen LogP contribution in [0, 0.1) is 13.8 Å². The summed E-state index contributed by atoms with van der Waals surface area (Å²) in [6, 6.07) is 3.77. The van der Waals surface area contributed by atoms with Crippen LogP contribution in [0.25, 0.3) is 0 Å². The van der Waals surface area contributed by atoms with Gasteiger partial charge < -0.3 is 10.8 Å². The highest BCUT2D eigenvalue weighted by Crippen LogP contribution is 2.28. The lowest BCUT2D eigenvalue weighted by Crippen LogP contribution is -2.09. The molecule has 0 saturated heterocycles. The van der Waals surface area contributed by atoms with Crippen molar-refractivity contribution in [3.05, 3.63) is 33.8 Å². The Bertz CT molecular complexity index is 325. The molecule has 0 aromatic heterocycles. The first-order chi connectivity index (χ1) is 6.57. The molecule has 0 spiro atoms. The summed E-state index contributed by atoms with van der Waals surface area (Å²) in [6.45, 7) is 4.37. The zero-order valence-electron chi connectivity index (χ0n) is 8.55. The Morgan fingerprint density at radius 3 is 2.64 bits per heavy atom. The second-order valence-corrected chi connectivity index (χ2v) is 3.90. The summed E-state index contributed by atoms with van der Waals surface area (Å²) < 4.78 is 0. The Balaban J connectivity index is 3.11. The van der Waals surface area contributed by atoms with E-state index in [1.165, 1.54) is 0 Å². The molecule has 1 aromatic carbocycles. The molecule has 3 heteroatoms. The molecule has 0 aliphatic carbocycles. The smallest absolute Gasteiger partial charge is 0.0807 e. The van der Waals surface area contributed by atoms with Crippen molar-refractivity contribution in [3.63, 3.8) is 0 Å². The van der Waals surface area contributed by atoms with Gasteiger partial charge in [-0.1, -0.05) is 17.7 Å². The summed E-state index contributed by atoms with van der Waals surface area (Å²) in [6.07, 6.45) is 0.0702. The number of benzene rings is 1. The maximum atomic E-state index is 9.87. The van der Waals surface area contributed by atoms with E-state index in [9.17, 15) is 5.11 Å². The summed E-state index contributed by atoms with van der Waals surface area (Å²) in [7, 11) is 0. The summed E-state index contributed by atoms with van der Waals surface area (Å²) in [4.78, 5) is 0. The molecule has 1 aromatic rings. The van der Waals surface area contributed by atoms with Gasteiger partial charge in [0.15, 0.2) is 0 Å². The van der Waals surface area contributed by atoms with Gasteiger partial charge >= 0.3 is 0 Å². The molecule has 0 aliphatic heterocycles. The van der Waals surface area contributed by atoms with Gasteiger partial charge in [0.25, 0.3) is 0 Å². The highest BCUT2D eigenvalue weighted by atomic mass is 35.5. The van der Waals surface area contributed by atoms with Crippen LogP contribution in [0.1, 0.15) is 29.2 Å². The summed E-state index contributed by atoms with van der Waals surface area (Å²) in [5, 5.41) is 10.6. The van der Waals surface area contributed by atoms with Crippen molar-refractivity contribution >= 4 is 11.6 Å². The molecule has 1 unspecified atom stereocenters. The Morgan fingerprint density at radius 2 is 2.07 bits per heavy atom. The van der Waals surface area contributed by atoms with Crippen molar-refractivity contribution in [2.45, 2.75) is 26.4 Å². The van der Waals surface area contributed by atoms with Crippen molar-refractivity contribution < 1.29 is 5.11 Å². The predicted molar refractivity (Wildman–Crippen MR) is 59.6 cm³/mol. The number of hydrogen-bond acceptors (Lipinski definition) is 2. The topological polar surface area (TPSA) is 46.2 Å². The average Bonchev–Trinajstić information content (AvgIpc) is 2.13. The van der Waals surface area contributed by atoms with E-state index in [1.807, 2.05) is 26.0 Å². The third-order valence-electron chi connectivity index (χ3n) is 2.44. The zero-order valence-corrected chi connectivity index (χ0v) is 9.30. The monoisotopic (exact) mass is 213 g/mol. The molecule has 2 nitrogen and oxygen atoms in total. The van der Waals surface area contributed by atoms with Crippen LogP contribution in [0.2, 0.25) is 5.02 Å². The Morgan fingerprint density at radius 1 is 1.43 bits per heavy atom. The number of halogens is 1. The number of aryl methyl sites for hydroxylation is 1. The molecule has 1 rings (SSSR count). The highest BCUT2D eigenvalue weighted by Gasteiger charge is 2.13. The third kappa shape index (κ3) is 2.27. The molecule has 0 saturated carbocycles. The van der Waals surface area contributed by atoms with E-state index >= 15 is 0 Å². The average molecular weight is 214 g/mol. The quantitative estimate of drug-likeness (QED) is 0.810. The molecule has 3 N–H and O–H groups in total. The molecule has 78 valence electrons. The van der Waals surface area contributed by atoms with E-state index in [-0.39, 0.29) is 0 Å². The van der Waals surface area contributed by atoms with Crippen LogP contribution in [0.4, 0.5) is 0 Å². The van der Waals surface area contributed by atoms with E-state index in [2.05, 4.69) is 0 Å². The standard InChI is InChI=1S/C11H16ClNO/c1-7-3-4-9(12)8(2)11(7)10(14)5-6-13/h3-4,10,14H,5-6,13H2,1-2H3. The first kappa shape index (κ1) is 11.5. The first-order valence-corrected chi connectivity index (χ1v) is 5.09. The largest absolute Gasteiger partial charge is 0.388 e. The molecule has 0 aliphatic rings. The summed E-state index contributed by atoms with van der Waals surface area (Å²) >= 11 is 5.99. The molecule has 0 bridgehead atoms. The first-order valence-electron chi connectivity index (χ1n) is 4.71. The minimum Gasteiger partial charge on any atom is -0.388 e. The van der Waals surface area contributed by atoms with Gasteiger partial charge in [-0.15, -0.1) is 0 Å². The van der Waals surface area contributed by atoms with Gasteiger partial charge in [-0.2, -0.15) is 0 Å². The zero-order chi connectivity index (χ0) is 10.7. The van der Waals surface area contributed by atoms with Gasteiger partial charge in [0.1, 0.15) is 0 Å². The van der Waals surface area contributed by atoms with Crippen LogP contribution < -0.4 is 5.73 Å². The van der Waals surface area contributed by atoms with Gasteiger partial charge in [-0.25, -0.2) is 0 Å². The van der Waals surface area contributed by atoms with Crippen molar-refractivity contribution in [3.8, 4) is 0 Å². The fraction of sp³-hybridized carbons (Fsp3) is 0.455. The SMILES string of the molecule is Cc1ccc(Cl)c(C)c1C(O)CCN. The lowest BCUT2D eigenvalue weighted by atomic mass is 9.96. The van der Waals surface area contributed by atoms with Gasteiger partial charge in [0.05, 0.1) is 6.10 Å². The Hall–Kier alpha value is -0.570. The number of rotatable bonds is 3. The van der Waals surface area contributed by atoms with Crippen molar-refractivity contribution in [2.75, 3.05) is 6.54 Å².